The van der Waals surface area contributed by atoms with Crippen LogP contribution >= 0.6 is 0 Å². The quantitative estimate of drug-likeness (QED) is 0.254. The van der Waals surface area contributed by atoms with Crippen LogP contribution in [0.4, 0.5) is 0 Å². The minimum Gasteiger partial charge on any atom is -0.392 e. The van der Waals surface area contributed by atoms with Crippen molar-refractivity contribution in [3.63, 3.8) is 0 Å². The Bertz CT molecular complexity index is 1380. The minimum atomic E-state index is 0.0787. The molecule has 2 aromatic rings. The van der Waals surface area contributed by atoms with Crippen molar-refractivity contribution in [1.29, 1.82) is 0 Å². The average Bonchev–Trinajstić information content (AvgIpc) is 2.97. The van der Waals surface area contributed by atoms with E-state index >= 15 is 0 Å². The van der Waals surface area contributed by atoms with Gasteiger partial charge < -0.3 is 10.2 Å². The van der Waals surface area contributed by atoms with E-state index in [-0.39, 0.29) is 13.2 Å². The molecule has 0 saturated carbocycles. The molecule has 0 aromatic heterocycles. The second kappa shape index (κ2) is 17.7. The molecule has 2 heteroatoms. The van der Waals surface area contributed by atoms with Gasteiger partial charge in [0.25, 0.3) is 0 Å². The zero-order valence-corrected chi connectivity index (χ0v) is 26.7. The monoisotopic (exact) mass is 560 g/mol. The highest BCUT2D eigenvalue weighted by Crippen LogP contribution is 2.21. The molecule has 0 aliphatic carbocycles. The topological polar surface area (TPSA) is 40.5 Å². The summed E-state index contributed by atoms with van der Waals surface area (Å²) in [5, 5.41) is 18.9. The minimum absolute atomic E-state index is 0.0787. The molecule has 0 bridgehead atoms. The largest absolute Gasteiger partial charge is 0.392 e. The maximum atomic E-state index is 9.44. The molecular weight excluding hydrogens is 512 g/mol. The van der Waals surface area contributed by atoms with Gasteiger partial charge >= 0.3 is 0 Å². The lowest BCUT2D eigenvalue weighted by Gasteiger charge is -2.09. The predicted molar refractivity (Wildman–Crippen MR) is 184 cm³/mol. The van der Waals surface area contributed by atoms with Crippen molar-refractivity contribution in [2.24, 2.45) is 0 Å². The third kappa shape index (κ3) is 11.1. The molecule has 2 aromatic carbocycles. The van der Waals surface area contributed by atoms with Gasteiger partial charge in [0.05, 0.1) is 13.2 Å². The summed E-state index contributed by atoms with van der Waals surface area (Å²) >= 11 is 0. The lowest BCUT2D eigenvalue weighted by molar-refractivity contribution is 0.280. The van der Waals surface area contributed by atoms with Crippen LogP contribution in [0.1, 0.15) is 72.2 Å². The molecule has 0 unspecified atom stereocenters. The highest BCUT2D eigenvalue weighted by atomic mass is 16.3. The van der Waals surface area contributed by atoms with E-state index in [1.807, 2.05) is 12.1 Å². The molecule has 220 valence electrons. The molecule has 0 aliphatic rings. The highest BCUT2D eigenvalue weighted by molar-refractivity contribution is 5.60. The molecule has 0 amide bonds. The number of rotatable bonds is 12. The van der Waals surface area contributed by atoms with Crippen LogP contribution in [-0.2, 0) is 13.2 Å². The molecule has 2 rings (SSSR count). The smallest absolute Gasteiger partial charge is 0.0684 e. The zero-order valence-electron chi connectivity index (χ0n) is 26.7. The standard InChI is InChI=1S/C40H48O2/c1-29(15-11-17-31(3)19-21-37-23-25-39(27-41)35(7)33(37)5)13-9-10-14-30(2)16-12-18-32(4)20-22-38-24-26-40(28-42)36(8)34(38)6/h9-26,41-42H,27-28H2,1-8H3/b10-9+,15-11+,16-12+,21-19+,22-20+,29-13+,30-14+,31-17+,32-18+. The molecule has 0 radical (unpaired) electrons. The second-order valence-corrected chi connectivity index (χ2v) is 10.9. The summed E-state index contributed by atoms with van der Waals surface area (Å²) in [5.74, 6) is 0. The maximum absolute atomic E-state index is 9.44. The Morgan fingerprint density at radius 2 is 0.810 bits per heavy atom. The van der Waals surface area contributed by atoms with Gasteiger partial charge in [0, 0.05) is 0 Å². The van der Waals surface area contributed by atoms with Crippen LogP contribution in [0.15, 0.2) is 119 Å². The molecule has 0 aliphatic heterocycles. The van der Waals surface area contributed by atoms with Gasteiger partial charge in [0.15, 0.2) is 0 Å². The average molecular weight is 561 g/mol. The Hall–Kier alpha value is -3.98. The van der Waals surface area contributed by atoms with Crippen LogP contribution in [0.2, 0.25) is 0 Å². The number of benzene rings is 2. The van der Waals surface area contributed by atoms with Crippen LogP contribution in [0.3, 0.4) is 0 Å². The summed E-state index contributed by atoms with van der Waals surface area (Å²) in [6.45, 7) is 16.9. The van der Waals surface area contributed by atoms with Crippen molar-refractivity contribution in [3.05, 3.63) is 164 Å². The number of aliphatic hydroxyl groups is 2. The van der Waals surface area contributed by atoms with E-state index in [1.165, 1.54) is 44.5 Å². The first kappa shape index (κ1) is 34.2. The summed E-state index contributed by atoms with van der Waals surface area (Å²) in [6, 6.07) is 8.13. The molecule has 0 saturated heterocycles. The lowest BCUT2D eigenvalue weighted by Crippen LogP contribution is -1.94. The fourth-order valence-corrected chi connectivity index (χ4v) is 4.28. The first-order chi connectivity index (χ1) is 20.1. The Kier molecular flexibility index (Phi) is 14.5. The third-order valence-corrected chi connectivity index (χ3v) is 7.54. The van der Waals surface area contributed by atoms with E-state index in [1.54, 1.807) is 0 Å². The van der Waals surface area contributed by atoms with Crippen molar-refractivity contribution in [2.45, 2.75) is 68.6 Å². The van der Waals surface area contributed by atoms with Crippen molar-refractivity contribution < 1.29 is 10.2 Å². The molecular formula is C40H48O2. The Morgan fingerprint density at radius 1 is 0.476 bits per heavy atom. The van der Waals surface area contributed by atoms with Gasteiger partial charge in [-0.25, -0.2) is 0 Å². The molecule has 0 atom stereocenters. The third-order valence-electron chi connectivity index (χ3n) is 7.54. The fraction of sp³-hybridized carbons (Fsp3) is 0.250. The summed E-state index contributed by atoms with van der Waals surface area (Å²) < 4.78 is 0. The van der Waals surface area contributed by atoms with E-state index in [0.717, 1.165) is 22.3 Å². The first-order valence-corrected chi connectivity index (χ1v) is 14.5. The first-order valence-electron chi connectivity index (χ1n) is 14.5. The van der Waals surface area contributed by atoms with Crippen LogP contribution in [0, 0.1) is 27.7 Å². The van der Waals surface area contributed by atoms with E-state index in [0.29, 0.717) is 0 Å². The summed E-state index contributed by atoms with van der Waals surface area (Å²) in [5.41, 5.74) is 13.7. The Labute approximate surface area is 254 Å². The summed E-state index contributed by atoms with van der Waals surface area (Å²) in [4.78, 5) is 0. The normalized spacial score (nSPS) is 14.2. The van der Waals surface area contributed by atoms with Gasteiger partial charge in [0.2, 0.25) is 0 Å². The van der Waals surface area contributed by atoms with Crippen molar-refractivity contribution in [1.82, 2.24) is 0 Å². The van der Waals surface area contributed by atoms with Crippen molar-refractivity contribution >= 4 is 12.2 Å². The Morgan fingerprint density at radius 3 is 1.17 bits per heavy atom. The van der Waals surface area contributed by atoms with Gasteiger partial charge in [-0.3, -0.25) is 0 Å². The molecule has 0 spiro atoms. The van der Waals surface area contributed by atoms with Crippen LogP contribution < -0.4 is 0 Å². The molecule has 42 heavy (non-hydrogen) atoms. The van der Waals surface area contributed by atoms with Gasteiger partial charge in [-0.15, -0.1) is 0 Å². The number of hydrogen-bond acceptors (Lipinski definition) is 2. The van der Waals surface area contributed by atoms with E-state index in [9.17, 15) is 10.2 Å². The SMILES string of the molecule is CC(/C=C/C=C(C)/C=C/c1ccc(CO)c(C)c1C)=C\C=C\C=C(C)\C=C\C=C(C)\C=C\c1ccc(CO)c(C)c1C. The van der Waals surface area contributed by atoms with Crippen molar-refractivity contribution in [3.8, 4) is 0 Å². The van der Waals surface area contributed by atoms with E-state index in [4.69, 9.17) is 0 Å². The zero-order chi connectivity index (χ0) is 31.1. The number of aliphatic hydroxyl groups excluding tert-OH is 2. The number of allylic oxidation sites excluding steroid dienone is 16. The molecule has 0 fully saturated rings. The summed E-state index contributed by atoms with van der Waals surface area (Å²) in [6.07, 6.45) is 29.4. The fourth-order valence-electron chi connectivity index (χ4n) is 4.28. The summed E-state index contributed by atoms with van der Waals surface area (Å²) in [7, 11) is 0. The highest BCUT2D eigenvalue weighted by Gasteiger charge is 2.04. The van der Waals surface area contributed by atoms with Crippen molar-refractivity contribution in [2.75, 3.05) is 0 Å². The van der Waals surface area contributed by atoms with E-state index < -0.39 is 0 Å². The predicted octanol–water partition coefficient (Wildman–Crippen LogP) is 10.1. The van der Waals surface area contributed by atoms with Gasteiger partial charge in [-0.1, -0.05) is 132 Å². The molecule has 2 N–H and O–H groups in total. The van der Waals surface area contributed by atoms with Crippen LogP contribution in [0.5, 0.6) is 0 Å². The second-order valence-electron chi connectivity index (χ2n) is 10.9. The lowest BCUT2D eigenvalue weighted by atomic mass is 9.98. The van der Waals surface area contributed by atoms with Gasteiger partial charge in [-0.05, 0) is 99.9 Å². The number of hydrogen-bond donors (Lipinski definition) is 2. The van der Waals surface area contributed by atoms with E-state index in [2.05, 4.69) is 153 Å². The maximum Gasteiger partial charge on any atom is 0.0684 e. The molecule has 0 heterocycles. The molecule has 2 nitrogen and oxygen atoms in total. The van der Waals surface area contributed by atoms with Gasteiger partial charge in [-0.2, -0.15) is 0 Å². The van der Waals surface area contributed by atoms with Gasteiger partial charge in [0.1, 0.15) is 0 Å². The Balaban J connectivity index is 1.90. The van der Waals surface area contributed by atoms with Crippen LogP contribution in [-0.4, -0.2) is 10.2 Å². The van der Waals surface area contributed by atoms with Crippen LogP contribution in [0.25, 0.3) is 12.2 Å².